The van der Waals surface area contributed by atoms with Crippen LogP contribution in [0.1, 0.15) is 21.1 Å². The lowest BCUT2D eigenvalue weighted by Crippen LogP contribution is -2.11. The van der Waals surface area contributed by atoms with E-state index in [-0.39, 0.29) is 12.5 Å². The molecule has 148 valence electrons. The Morgan fingerprint density at radius 1 is 1.17 bits per heavy atom. The molecular weight excluding hydrogens is 408 g/mol. The lowest BCUT2D eigenvalue weighted by atomic mass is 10.2. The molecule has 4 aromatic rings. The molecule has 1 amide bonds. The predicted molar refractivity (Wildman–Crippen MR) is 115 cm³/mol. The summed E-state index contributed by atoms with van der Waals surface area (Å²) < 4.78 is 10.5. The molecule has 1 aromatic carbocycles. The Morgan fingerprint density at radius 2 is 1.97 bits per heavy atom. The summed E-state index contributed by atoms with van der Waals surface area (Å²) in [5.74, 6) is 0.772. The number of aryl methyl sites for hydroxylation is 1. The third-order valence-corrected chi connectivity index (χ3v) is 6.30. The Kier molecular flexibility index (Phi) is 5.52. The second-order valence-corrected chi connectivity index (χ2v) is 8.08. The first-order chi connectivity index (χ1) is 14.1. The fourth-order valence-corrected chi connectivity index (χ4v) is 4.68. The first-order valence-corrected chi connectivity index (χ1v) is 10.4. The molecule has 3 aromatic heterocycles. The summed E-state index contributed by atoms with van der Waals surface area (Å²) in [6.45, 7) is 2.15. The largest absolute Gasteiger partial charge is 0.480 e. The monoisotopic (exact) mass is 426 g/mol. The van der Waals surface area contributed by atoms with E-state index in [9.17, 15) is 4.79 Å². The standard InChI is InChI=1S/C20H18N4O3S2/c1-11-15-18(27-3)23-14(10-26-2)24-20(15)29-16(11)17(25)22-13-6-4-12(5-7-13)19-21-8-9-28-19/h4-9H,10H2,1-3H3,(H,22,25). The number of benzene rings is 1. The third-order valence-electron chi connectivity index (χ3n) is 4.30. The highest BCUT2D eigenvalue weighted by Crippen LogP contribution is 2.35. The molecule has 0 spiro atoms. The molecule has 7 nitrogen and oxygen atoms in total. The van der Waals surface area contributed by atoms with Crippen LogP contribution in [-0.2, 0) is 11.3 Å². The first-order valence-electron chi connectivity index (χ1n) is 8.75. The van der Waals surface area contributed by atoms with Gasteiger partial charge in [-0.2, -0.15) is 4.98 Å². The number of thiophene rings is 1. The van der Waals surface area contributed by atoms with Crippen LogP contribution in [0.4, 0.5) is 5.69 Å². The minimum atomic E-state index is -0.192. The summed E-state index contributed by atoms with van der Waals surface area (Å²) >= 11 is 2.89. The number of amides is 1. The van der Waals surface area contributed by atoms with Gasteiger partial charge < -0.3 is 14.8 Å². The lowest BCUT2D eigenvalue weighted by molar-refractivity contribution is 0.103. The maximum atomic E-state index is 12.9. The van der Waals surface area contributed by atoms with Crippen LogP contribution >= 0.6 is 22.7 Å². The Labute approximate surface area is 175 Å². The zero-order chi connectivity index (χ0) is 20.4. The average molecular weight is 427 g/mol. The highest BCUT2D eigenvalue weighted by Gasteiger charge is 2.21. The quantitative estimate of drug-likeness (QED) is 0.487. The van der Waals surface area contributed by atoms with Crippen LogP contribution < -0.4 is 10.1 Å². The van der Waals surface area contributed by atoms with E-state index in [4.69, 9.17) is 9.47 Å². The molecule has 3 heterocycles. The molecule has 0 aliphatic heterocycles. The molecule has 0 bridgehead atoms. The highest BCUT2D eigenvalue weighted by molar-refractivity contribution is 7.20. The smallest absolute Gasteiger partial charge is 0.266 e. The Hall–Kier alpha value is -2.88. The normalized spacial score (nSPS) is 11.0. The molecule has 0 atom stereocenters. The van der Waals surface area contributed by atoms with Crippen LogP contribution in [0.5, 0.6) is 5.88 Å². The van der Waals surface area contributed by atoms with Gasteiger partial charge in [-0.1, -0.05) is 0 Å². The topological polar surface area (TPSA) is 86.2 Å². The number of hydrogen-bond donors (Lipinski definition) is 1. The van der Waals surface area contributed by atoms with Gasteiger partial charge in [-0.3, -0.25) is 4.79 Å². The maximum absolute atomic E-state index is 12.9. The fourth-order valence-electron chi connectivity index (χ4n) is 2.95. The van der Waals surface area contributed by atoms with E-state index in [2.05, 4.69) is 20.3 Å². The van der Waals surface area contributed by atoms with Crippen molar-refractivity contribution >= 4 is 44.5 Å². The van der Waals surface area contributed by atoms with E-state index in [1.807, 2.05) is 36.6 Å². The Balaban J connectivity index is 1.62. The summed E-state index contributed by atoms with van der Waals surface area (Å²) in [5, 5.41) is 6.58. The van der Waals surface area contributed by atoms with Crippen molar-refractivity contribution in [2.75, 3.05) is 19.5 Å². The number of thiazole rings is 1. The SMILES string of the molecule is COCc1nc(OC)c2c(C)c(C(=O)Nc3ccc(-c4nccs4)cc3)sc2n1. The zero-order valence-corrected chi connectivity index (χ0v) is 17.7. The van der Waals surface area contributed by atoms with Gasteiger partial charge in [0.15, 0.2) is 5.82 Å². The molecule has 4 rings (SSSR count). The Morgan fingerprint density at radius 3 is 2.62 bits per heavy atom. The number of anilines is 1. The van der Waals surface area contributed by atoms with Gasteiger partial charge in [0.1, 0.15) is 16.4 Å². The molecule has 0 aliphatic carbocycles. The molecule has 0 saturated carbocycles. The second kappa shape index (κ2) is 8.24. The van der Waals surface area contributed by atoms with Gasteiger partial charge in [0.2, 0.25) is 5.88 Å². The summed E-state index contributed by atoms with van der Waals surface area (Å²) in [4.78, 5) is 27.3. The van der Waals surface area contributed by atoms with Crippen molar-refractivity contribution in [1.82, 2.24) is 15.0 Å². The number of ether oxygens (including phenoxy) is 2. The van der Waals surface area contributed by atoms with Gasteiger partial charge in [0.05, 0.1) is 17.4 Å². The van der Waals surface area contributed by atoms with Gasteiger partial charge >= 0.3 is 0 Å². The van der Waals surface area contributed by atoms with Crippen molar-refractivity contribution in [3.05, 3.63) is 52.1 Å². The van der Waals surface area contributed by atoms with Crippen molar-refractivity contribution in [1.29, 1.82) is 0 Å². The number of nitrogens with zero attached hydrogens (tertiary/aromatic N) is 3. The highest BCUT2D eigenvalue weighted by atomic mass is 32.1. The number of aromatic nitrogens is 3. The average Bonchev–Trinajstić information content (AvgIpc) is 3.37. The van der Waals surface area contributed by atoms with Crippen LogP contribution in [0.3, 0.4) is 0 Å². The minimum Gasteiger partial charge on any atom is -0.480 e. The van der Waals surface area contributed by atoms with Crippen LogP contribution in [0.25, 0.3) is 20.8 Å². The minimum absolute atomic E-state index is 0.192. The van der Waals surface area contributed by atoms with Crippen molar-refractivity contribution in [2.24, 2.45) is 0 Å². The lowest BCUT2D eigenvalue weighted by Gasteiger charge is -2.06. The van der Waals surface area contributed by atoms with Gasteiger partial charge in [0.25, 0.3) is 5.91 Å². The molecule has 0 aliphatic rings. The fraction of sp³-hybridized carbons (Fsp3) is 0.200. The van der Waals surface area contributed by atoms with Crippen molar-refractivity contribution in [2.45, 2.75) is 13.5 Å². The van der Waals surface area contributed by atoms with E-state index < -0.39 is 0 Å². The van der Waals surface area contributed by atoms with Crippen LogP contribution in [0, 0.1) is 6.92 Å². The molecular formula is C20H18N4O3S2. The van der Waals surface area contributed by atoms with Gasteiger partial charge in [0, 0.05) is 29.9 Å². The third kappa shape index (κ3) is 3.84. The molecule has 29 heavy (non-hydrogen) atoms. The summed E-state index contributed by atoms with van der Waals surface area (Å²) in [6, 6.07) is 7.62. The van der Waals surface area contributed by atoms with Crippen molar-refractivity contribution in [3.8, 4) is 16.5 Å². The van der Waals surface area contributed by atoms with Crippen molar-refractivity contribution in [3.63, 3.8) is 0 Å². The van der Waals surface area contributed by atoms with Crippen LogP contribution in [-0.4, -0.2) is 35.1 Å². The second-order valence-electron chi connectivity index (χ2n) is 6.19. The van der Waals surface area contributed by atoms with E-state index >= 15 is 0 Å². The van der Waals surface area contributed by atoms with Crippen LogP contribution in [0.2, 0.25) is 0 Å². The van der Waals surface area contributed by atoms with Crippen molar-refractivity contribution < 1.29 is 14.3 Å². The zero-order valence-electron chi connectivity index (χ0n) is 16.1. The van der Waals surface area contributed by atoms with Gasteiger partial charge in [-0.25, -0.2) is 9.97 Å². The number of fused-ring (bicyclic) bond motifs is 1. The van der Waals surface area contributed by atoms with Gasteiger partial charge in [-0.05, 0) is 36.8 Å². The Bertz CT molecular complexity index is 1150. The summed E-state index contributed by atoms with van der Waals surface area (Å²) in [6.07, 6.45) is 1.77. The number of nitrogens with one attached hydrogen (secondary N) is 1. The van der Waals surface area contributed by atoms with E-state index in [0.29, 0.717) is 27.1 Å². The number of carbonyl (C=O) groups excluding carboxylic acids is 1. The molecule has 0 fully saturated rings. The molecule has 0 unspecified atom stereocenters. The summed E-state index contributed by atoms with van der Waals surface area (Å²) in [5.41, 5.74) is 2.52. The van der Waals surface area contributed by atoms with E-state index in [0.717, 1.165) is 21.5 Å². The van der Waals surface area contributed by atoms with Crippen LogP contribution in [0.15, 0.2) is 35.8 Å². The molecule has 0 saturated heterocycles. The predicted octanol–water partition coefficient (Wildman–Crippen LogP) is 4.53. The van der Waals surface area contributed by atoms with E-state index in [1.54, 1.807) is 31.8 Å². The van der Waals surface area contributed by atoms with Gasteiger partial charge in [-0.15, -0.1) is 22.7 Å². The number of hydrogen-bond acceptors (Lipinski definition) is 8. The number of methoxy groups -OCH3 is 2. The van der Waals surface area contributed by atoms with E-state index in [1.165, 1.54) is 11.3 Å². The number of carbonyl (C=O) groups is 1. The molecule has 1 N–H and O–H groups in total. The molecule has 0 radical (unpaired) electrons. The maximum Gasteiger partial charge on any atom is 0.266 e. The molecule has 9 heteroatoms. The number of rotatable bonds is 6. The summed E-state index contributed by atoms with van der Waals surface area (Å²) in [7, 11) is 3.14. The first kappa shape index (κ1) is 19.4.